The molecule has 0 bridgehead atoms. The Labute approximate surface area is 240 Å². The highest BCUT2D eigenvalue weighted by molar-refractivity contribution is 6.12. The third-order valence-corrected chi connectivity index (χ3v) is 7.91. The summed E-state index contributed by atoms with van der Waals surface area (Å²) in [6.45, 7) is 6.17. The molecule has 1 aliphatic heterocycles. The molecular weight excluding hydrogens is 543 g/mol. The molecule has 0 atom stereocenters. The van der Waals surface area contributed by atoms with Crippen LogP contribution in [-0.2, 0) is 0 Å². The number of carbonyl (C=O) groups excluding carboxylic acids is 1. The molecular formula is C32H30F3N5O2. The van der Waals surface area contributed by atoms with E-state index in [1.807, 2.05) is 6.07 Å². The van der Waals surface area contributed by atoms with E-state index in [9.17, 15) is 9.18 Å². The van der Waals surface area contributed by atoms with Gasteiger partial charge in [0.2, 0.25) is 5.78 Å². The second-order valence-electron chi connectivity index (χ2n) is 10.9. The summed E-state index contributed by atoms with van der Waals surface area (Å²) < 4.78 is 50.3. The van der Waals surface area contributed by atoms with Crippen molar-refractivity contribution in [3.8, 4) is 17.2 Å². The van der Waals surface area contributed by atoms with Crippen LogP contribution in [-0.4, -0.2) is 44.6 Å². The van der Waals surface area contributed by atoms with E-state index in [1.165, 1.54) is 42.6 Å². The van der Waals surface area contributed by atoms with Gasteiger partial charge in [-0.3, -0.25) is 4.79 Å². The van der Waals surface area contributed by atoms with Crippen molar-refractivity contribution in [2.45, 2.75) is 38.6 Å². The van der Waals surface area contributed by atoms with Gasteiger partial charge in [0.05, 0.1) is 17.5 Å². The average Bonchev–Trinajstić information content (AvgIpc) is 3.55. The van der Waals surface area contributed by atoms with E-state index in [4.69, 9.17) is 10.5 Å². The largest absolute Gasteiger partial charge is 0.457 e. The third kappa shape index (κ3) is 5.25. The fourth-order valence-corrected chi connectivity index (χ4v) is 5.59. The van der Waals surface area contributed by atoms with Gasteiger partial charge in [0.15, 0.2) is 5.82 Å². The van der Waals surface area contributed by atoms with Crippen LogP contribution >= 0.6 is 0 Å². The Morgan fingerprint density at radius 3 is 2.48 bits per heavy atom. The topological polar surface area (TPSA) is 89.2 Å². The number of fused-ring (bicyclic) bond motifs is 1. The van der Waals surface area contributed by atoms with E-state index in [0.717, 1.165) is 42.1 Å². The van der Waals surface area contributed by atoms with Gasteiger partial charge in [-0.1, -0.05) is 6.07 Å². The lowest BCUT2D eigenvalue weighted by atomic mass is 9.88. The molecule has 6 rings (SSSR count). The fourth-order valence-electron chi connectivity index (χ4n) is 5.59. The highest BCUT2D eigenvalue weighted by Gasteiger charge is 2.26. The van der Waals surface area contributed by atoms with Gasteiger partial charge in [0, 0.05) is 29.1 Å². The highest BCUT2D eigenvalue weighted by Crippen LogP contribution is 2.34. The van der Waals surface area contributed by atoms with Crippen molar-refractivity contribution in [2.75, 3.05) is 18.8 Å². The van der Waals surface area contributed by atoms with Crippen LogP contribution in [0.2, 0.25) is 0 Å². The second kappa shape index (κ2) is 11.0. The number of halogens is 3. The molecule has 2 aromatic heterocycles. The summed E-state index contributed by atoms with van der Waals surface area (Å²) in [4.78, 5) is 18.8. The zero-order chi connectivity index (χ0) is 29.5. The summed E-state index contributed by atoms with van der Waals surface area (Å²) in [5, 5.41) is 4.87. The fraction of sp³-hybridized carbons (Fsp3) is 0.250. The smallest absolute Gasteiger partial charge is 0.214 e. The van der Waals surface area contributed by atoms with Gasteiger partial charge >= 0.3 is 0 Å². The molecule has 0 aliphatic carbocycles. The molecule has 0 saturated carbocycles. The minimum Gasteiger partial charge on any atom is -0.457 e. The molecule has 0 spiro atoms. The zero-order valence-corrected chi connectivity index (χ0v) is 23.2. The van der Waals surface area contributed by atoms with Gasteiger partial charge in [0.1, 0.15) is 34.6 Å². The summed E-state index contributed by atoms with van der Waals surface area (Å²) in [5.74, 6) is -1.49. The van der Waals surface area contributed by atoms with Crippen LogP contribution in [0.5, 0.6) is 11.5 Å². The minimum atomic E-state index is -0.703. The van der Waals surface area contributed by atoms with E-state index < -0.39 is 17.4 Å². The molecule has 7 nitrogen and oxygen atoms in total. The van der Waals surface area contributed by atoms with Gasteiger partial charge in [-0.05, 0) is 93.7 Å². The number of nitrogens with zero attached hydrogens (tertiary/aromatic N) is 3. The Morgan fingerprint density at radius 1 is 1.00 bits per heavy atom. The predicted octanol–water partition coefficient (Wildman–Crippen LogP) is 6.96. The Bertz CT molecular complexity index is 1790. The van der Waals surface area contributed by atoms with Crippen LogP contribution in [0.3, 0.4) is 0 Å². The number of hydrogen-bond donors (Lipinski definition) is 2. The molecule has 1 saturated heterocycles. The van der Waals surface area contributed by atoms with Crippen molar-refractivity contribution in [3.63, 3.8) is 0 Å². The van der Waals surface area contributed by atoms with Crippen molar-refractivity contribution in [2.24, 2.45) is 0 Å². The number of ketones is 1. The number of aromatic amines is 1. The van der Waals surface area contributed by atoms with E-state index in [0.29, 0.717) is 17.1 Å². The number of piperidine rings is 1. The first-order valence-electron chi connectivity index (χ1n) is 13.9. The lowest BCUT2D eigenvalue weighted by Gasteiger charge is -2.34. The number of carbonyl (C=O) groups is 1. The second-order valence-corrected chi connectivity index (χ2v) is 10.9. The van der Waals surface area contributed by atoms with Gasteiger partial charge in [-0.15, -0.1) is 0 Å². The molecule has 216 valence electrons. The molecule has 3 heterocycles. The minimum absolute atomic E-state index is 0.00464. The number of likely N-dealkylation sites (tertiary alicyclic amines) is 1. The third-order valence-electron chi connectivity index (χ3n) is 7.91. The van der Waals surface area contributed by atoms with Crippen molar-refractivity contribution in [1.82, 2.24) is 19.7 Å². The lowest BCUT2D eigenvalue weighted by molar-refractivity contribution is 0.103. The maximum absolute atomic E-state index is 15.1. The summed E-state index contributed by atoms with van der Waals surface area (Å²) in [5.41, 5.74) is 7.72. The molecule has 42 heavy (non-hydrogen) atoms. The predicted molar refractivity (Wildman–Crippen MR) is 155 cm³/mol. The number of benzene rings is 3. The first-order valence-corrected chi connectivity index (χ1v) is 13.9. The highest BCUT2D eigenvalue weighted by atomic mass is 19.1. The summed E-state index contributed by atoms with van der Waals surface area (Å²) in [6.07, 6.45) is 3.02. The van der Waals surface area contributed by atoms with E-state index >= 15 is 8.78 Å². The number of aromatic nitrogens is 3. The van der Waals surface area contributed by atoms with E-state index in [-0.39, 0.29) is 46.0 Å². The molecule has 3 N–H and O–H groups in total. The summed E-state index contributed by atoms with van der Waals surface area (Å²) in [7, 11) is 0. The zero-order valence-electron chi connectivity index (χ0n) is 23.2. The monoisotopic (exact) mass is 573 g/mol. The van der Waals surface area contributed by atoms with Crippen LogP contribution in [0.4, 0.5) is 19.0 Å². The number of nitrogens with one attached hydrogen (secondary N) is 1. The first kappa shape index (κ1) is 27.6. The normalized spacial score (nSPS) is 14.6. The number of nitrogen functional groups attached to an aromatic ring is 1. The number of rotatable bonds is 7. The quantitative estimate of drug-likeness (QED) is 0.206. The molecule has 0 unspecified atom stereocenters. The molecule has 3 aromatic carbocycles. The summed E-state index contributed by atoms with van der Waals surface area (Å²) in [6, 6.07) is 14.9. The number of hydrogen-bond acceptors (Lipinski definition) is 5. The van der Waals surface area contributed by atoms with Crippen LogP contribution < -0.4 is 10.5 Å². The average molecular weight is 574 g/mol. The first-order chi connectivity index (χ1) is 20.2. The van der Waals surface area contributed by atoms with Crippen LogP contribution in [0, 0.1) is 17.5 Å². The molecule has 1 fully saturated rings. The number of anilines is 1. The van der Waals surface area contributed by atoms with Crippen LogP contribution in [0.25, 0.3) is 16.6 Å². The maximum Gasteiger partial charge on any atom is 0.214 e. The Morgan fingerprint density at radius 2 is 1.76 bits per heavy atom. The van der Waals surface area contributed by atoms with Crippen LogP contribution in [0.15, 0.2) is 66.9 Å². The lowest BCUT2D eigenvalue weighted by Crippen LogP contribution is -2.37. The molecule has 5 aromatic rings. The number of ether oxygens (including phenoxy) is 1. The van der Waals surface area contributed by atoms with E-state index in [2.05, 4.69) is 28.8 Å². The molecule has 1 aliphatic rings. The standard InChI is InChI=1S/C32H30F3N5O2/c1-18(2)39-10-8-19(9-11-39)24-12-20-13-29(38-28(20)16-26(24)34)31(41)25-17-37-40(32(25)36)30-7-6-23(15-27(30)35)42-22-5-3-4-21(33)14-22/h3-7,12-19,38H,8-11,36H2,1-2H3. The van der Waals surface area contributed by atoms with Gasteiger partial charge in [0.25, 0.3) is 0 Å². The Hall–Kier alpha value is -4.57. The Kier molecular flexibility index (Phi) is 7.24. The van der Waals surface area contributed by atoms with Gasteiger partial charge in [-0.25, -0.2) is 17.9 Å². The maximum atomic E-state index is 15.1. The van der Waals surface area contributed by atoms with E-state index in [1.54, 1.807) is 12.1 Å². The van der Waals surface area contributed by atoms with Crippen molar-refractivity contribution < 1.29 is 22.7 Å². The van der Waals surface area contributed by atoms with Gasteiger partial charge < -0.3 is 20.4 Å². The SMILES string of the molecule is CC(C)N1CCC(c2cc3cc(C(=O)c4cnn(-c5ccc(Oc6cccc(F)c6)cc5F)c4N)[nH]c3cc2F)CC1. The van der Waals surface area contributed by atoms with Crippen molar-refractivity contribution >= 4 is 22.5 Å². The van der Waals surface area contributed by atoms with Gasteiger partial charge in [-0.2, -0.15) is 5.10 Å². The van der Waals surface area contributed by atoms with Crippen LogP contribution in [0.1, 0.15) is 54.2 Å². The number of nitrogens with two attached hydrogens (primary N) is 1. The molecule has 0 radical (unpaired) electrons. The molecule has 0 amide bonds. The number of H-pyrrole nitrogens is 1. The summed E-state index contributed by atoms with van der Waals surface area (Å²) >= 11 is 0. The Balaban J connectivity index is 1.23. The van der Waals surface area contributed by atoms with Crippen molar-refractivity contribution in [3.05, 3.63) is 101 Å². The van der Waals surface area contributed by atoms with Crippen molar-refractivity contribution in [1.29, 1.82) is 0 Å². The molecule has 10 heteroatoms.